The second-order valence-electron chi connectivity index (χ2n) is 13.3. The van der Waals surface area contributed by atoms with Gasteiger partial charge in [-0.3, -0.25) is 10.0 Å². The summed E-state index contributed by atoms with van der Waals surface area (Å²) in [5.74, 6) is -58.0. The molecule has 320 valence electrons. The lowest BCUT2D eigenvalue weighted by Crippen LogP contribution is -2.74. The fraction of sp³-hybridized carbons (Fsp3) is 0.710. The molecule has 0 aliphatic rings. The minimum atomic E-state index is -8.69. The van der Waals surface area contributed by atoms with E-state index in [9.17, 15) is 84.5 Å². The highest BCUT2D eigenvalue weighted by Gasteiger charge is 2.95. The van der Waals surface area contributed by atoms with Gasteiger partial charge in [0.1, 0.15) is 12.4 Å². The van der Waals surface area contributed by atoms with E-state index in [-0.39, 0.29) is 11.3 Å². The number of hydrogen-bond donors (Lipinski definition) is 3. The first-order valence-corrected chi connectivity index (χ1v) is 18.1. The first-order valence-electron chi connectivity index (χ1n) is 15.9. The molecule has 0 aliphatic carbocycles. The smallest absolute Gasteiger partial charge is 0.460 e. The van der Waals surface area contributed by atoms with Gasteiger partial charge in [-0.1, -0.05) is 52.8 Å². The highest BCUT2D eigenvalue weighted by molar-refractivity contribution is 6.76. The Morgan fingerprint density at radius 3 is 1.53 bits per heavy atom. The number of carbonyl (C=O) groups excluding carboxylic acids is 1. The second-order valence-corrected chi connectivity index (χ2v) is 18.3. The van der Waals surface area contributed by atoms with Gasteiger partial charge in [0.25, 0.3) is 5.91 Å². The van der Waals surface area contributed by atoms with Gasteiger partial charge in [0, 0.05) is 17.9 Å². The maximum Gasteiger partial charge on any atom is 0.460 e. The van der Waals surface area contributed by atoms with E-state index in [1.807, 2.05) is 0 Å². The molecule has 1 aromatic rings. The van der Waals surface area contributed by atoms with Gasteiger partial charge in [0.15, 0.2) is 8.32 Å². The first-order chi connectivity index (χ1) is 24.5. The molecule has 0 radical (unpaired) electrons. The van der Waals surface area contributed by atoms with Crippen molar-refractivity contribution >= 4 is 14.2 Å². The lowest BCUT2D eigenvalue weighted by Gasteiger charge is -2.44. The van der Waals surface area contributed by atoms with Crippen molar-refractivity contribution in [2.24, 2.45) is 5.92 Å². The summed E-state index contributed by atoms with van der Waals surface area (Å²) in [6, 6.07) is 4.23. The first kappa shape index (κ1) is 50.2. The zero-order valence-corrected chi connectivity index (χ0v) is 30.6. The van der Waals surface area contributed by atoms with E-state index in [2.05, 4.69) is 0 Å². The summed E-state index contributed by atoms with van der Waals surface area (Å²) in [6.45, 7) is 7.29. The summed E-state index contributed by atoms with van der Waals surface area (Å²) in [5, 5.41) is 19.3. The van der Waals surface area contributed by atoms with Crippen LogP contribution in [0, 0.1) is 5.92 Å². The van der Waals surface area contributed by atoms with Gasteiger partial charge in [-0.2, -0.15) is 74.6 Å². The summed E-state index contributed by atoms with van der Waals surface area (Å²) in [5.41, 5.74) is 0.135. The van der Waals surface area contributed by atoms with Crippen LogP contribution >= 0.6 is 0 Å². The van der Waals surface area contributed by atoms with E-state index >= 15 is 0 Å². The van der Waals surface area contributed by atoms with Crippen molar-refractivity contribution in [3.63, 3.8) is 0 Å². The standard InChI is InChI=1S/C31H38F17NO5Si/c1-16(2)55(17(3)4,54-13-12-53-21-9-7-20(8-10-21)22(50)18(5)15-19(6)23(51)49-52)14-11-24(32,33)25(34,35)26(36,37)27(38,39)28(40,41)29(42,43)30(44,45)31(46,47)48/h7-10,15-18,22,50,52H,11-14H2,1-6H3,(H,49,51)/b19-15+/t18-,22-/m1/s1. The lowest BCUT2D eigenvalue weighted by molar-refractivity contribution is -0.461. The Morgan fingerprint density at radius 1 is 0.709 bits per heavy atom. The molecule has 3 N–H and O–H groups in total. The van der Waals surface area contributed by atoms with E-state index in [0.29, 0.717) is 5.56 Å². The fourth-order valence-electron chi connectivity index (χ4n) is 5.46. The van der Waals surface area contributed by atoms with Gasteiger partial charge in [-0.15, -0.1) is 0 Å². The predicted molar refractivity (Wildman–Crippen MR) is 162 cm³/mol. The van der Waals surface area contributed by atoms with Crippen LogP contribution in [-0.4, -0.2) is 85.4 Å². The highest BCUT2D eigenvalue weighted by atomic mass is 28.4. The molecule has 2 atom stereocenters. The highest BCUT2D eigenvalue weighted by Crippen LogP contribution is 2.64. The van der Waals surface area contributed by atoms with Crippen molar-refractivity contribution in [3.8, 4) is 5.75 Å². The van der Waals surface area contributed by atoms with Gasteiger partial charge >= 0.3 is 47.6 Å². The van der Waals surface area contributed by atoms with Crippen molar-refractivity contribution < 1.29 is 98.9 Å². The Labute approximate surface area is 304 Å². The molecule has 0 spiro atoms. The summed E-state index contributed by atoms with van der Waals surface area (Å²) in [4.78, 5) is 11.5. The Balaban J connectivity index is 3.24. The minimum Gasteiger partial charge on any atom is -0.491 e. The molecule has 1 amide bonds. The number of halogens is 17. The van der Waals surface area contributed by atoms with Crippen molar-refractivity contribution in [3.05, 3.63) is 41.5 Å². The summed E-state index contributed by atoms with van der Waals surface area (Å²) < 4.78 is 245. The molecule has 0 aliphatic heterocycles. The number of carbonyl (C=O) groups is 1. The van der Waals surface area contributed by atoms with Crippen LogP contribution in [0.2, 0.25) is 17.1 Å². The molecular weight excluding hydrogens is 817 g/mol. The van der Waals surface area contributed by atoms with Crippen molar-refractivity contribution in [2.75, 3.05) is 13.2 Å². The quantitative estimate of drug-likeness (QED) is 0.0304. The van der Waals surface area contributed by atoms with Crippen LogP contribution in [-0.2, 0) is 9.22 Å². The molecule has 24 heteroatoms. The Bertz CT molecular complexity index is 1460. The molecule has 0 fully saturated rings. The van der Waals surface area contributed by atoms with E-state index in [1.165, 1.54) is 70.4 Å². The largest absolute Gasteiger partial charge is 0.491 e. The molecule has 0 heterocycles. The van der Waals surface area contributed by atoms with Gasteiger partial charge in [0.2, 0.25) is 0 Å². The van der Waals surface area contributed by atoms with Crippen LogP contribution in [0.25, 0.3) is 0 Å². The Morgan fingerprint density at radius 2 is 1.13 bits per heavy atom. The lowest BCUT2D eigenvalue weighted by atomic mass is 9.88. The maximum absolute atomic E-state index is 14.8. The number of aliphatic hydroxyl groups is 1. The number of amides is 1. The maximum atomic E-state index is 14.8. The van der Waals surface area contributed by atoms with Gasteiger partial charge < -0.3 is 14.3 Å². The number of alkyl halides is 17. The summed E-state index contributed by atoms with van der Waals surface area (Å²) in [7, 11) is -3.96. The molecule has 0 saturated carbocycles. The van der Waals surface area contributed by atoms with Crippen molar-refractivity contribution in [1.82, 2.24) is 5.48 Å². The van der Waals surface area contributed by atoms with Crippen LogP contribution in [0.3, 0.4) is 0 Å². The molecule has 55 heavy (non-hydrogen) atoms. The van der Waals surface area contributed by atoms with Gasteiger partial charge in [0.05, 0.1) is 12.7 Å². The third-order valence-electron chi connectivity index (χ3n) is 8.99. The van der Waals surface area contributed by atoms with E-state index in [0.717, 1.165) is 0 Å². The van der Waals surface area contributed by atoms with E-state index in [4.69, 9.17) is 14.4 Å². The number of hydrogen-bond acceptors (Lipinski definition) is 5. The predicted octanol–water partition coefficient (Wildman–Crippen LogP) is 10.4. The van der Waals surface area contributed by atoms with Crippen LogP contribution < -0.4 is 10.2 Å². The second kappa shape index (κ2) is 16.9. The summed E-state index contributed by atoms with van der Waals surface area (Å²) >= 11 is 0. The van der Waals surface area contributed by atoms with Gasteiger partial charge in [-0.25, -0.2) is 5.48 Å². The SMILES string of the molecule is C/C(=C\[C@@H](C)[C@@H](O)c1ccc(OCCO[Si](CCC(F)(F)C(F)(F)C(F)(F)C(F)(F)C(F)(F)C(F)(F)C(F)(F)C(F)(F)F)(C(C)C)C(C)C)cc1)C(=O)NO. The fourth-order valence-corrected chi connectivity index (χ4v) is 9.93. The average molecular weight is 856 g/mol. The third kappa shape index (κ3) is 9.31. The van der Waals surface area contributed by atoms with Crippen LogP contribution in [0.5, 0.6) is 5.75 Å². The number of nitrogens with one attached hydrogen (secondary N) is 1. The number of benzene rings is 1. The number of hydroxylamine groups is 1. The topological polar surface area (TPSA) is 88.0 Å². The summed E-state index contributed by atoms with van der Waals surface area (Å²) in [6.07, 6.45) is -10.1. The minimum absolute atomic E-state index is 0.0957. The number of aliphatic hydroxyl groups excluding tert-OH is 1. The van der Waals surface area contributed by atoms with Gasteiger partial charge in [-0.05, 0) is 41.7 Å². The monoisotopic (exact) mass is 855 g/mol. The molecule has 0 saturated heterocycles. The Hall–Kier alpha value is -2.86. The molecule has 0 aromatic heterocycles. The van der Waals surface area contributed by atoms with Crippen LogP contribution in [0.1, 0.15) is 59.6 Å². The molecule has 0 bridgehead atoms. The van der Waals surface area contributed by atoms with E-state index < -0.39 is 111 Å². The average Bonchev–Trinajstić information content (AvgIpc) is 3.05. The Kier molecular flexibility index (Phi) is 15.4. The number of rotatable bonds is 20. The molecule has 6 nitrogen and oxygen atoms in total. The molecular formula is C31H38F17NO5Si. The van der Waals surface area contributed by atoms with Crippen molar-refractivity contribution in [2.45, 2.75) is 119 Å². The molecule has 1 rings (SSSR count). The zero-order chi connectivity index (χ0) is 43.6. The zero-order valence-electron chi connectivity index (χ0n) is 29.6. The van der Waals surface area contributed by atoms with E-state index in [1.54, 1.807) is 6.92 Å². The van der Waals surface area contributed by atoms with Crippen LogP contribution in [0.15, 0.2) is 35.9 Å². The molecule has 0 unspecified atom stereocenters. The normalized spacial score (nSPS) is 16.1. The number of ether oxygens (including phenoxy) is 1. The third-order valence-corrected chi connectivity index (χ3v) is 14.7. The van der Waals surface area contributed by atoms with Crippen molar-refractivity contribution in [1.29, 1.82) is 0 Å². The molecule has 1 aromatic carbocycles. The van der Waals surface area contributed by atoms with Crippen LogP contribution in [0.4, 0.5) is 74.6 Å².